The molecule has 24 heavy (non-hydrogen) atoms. The second-order valence-corrected chi connectivity index (χ2v) is 5.24. The number of nitriles is 1. The van der Waals surface area contributed by atoms with Gasteiger partial charge in [-0.3, -0.25) is 4.79 Å². The number of aromatic nitrogens is 1. The van der Waals surface area contributed by atoms with Gasteiger partial charge in [-0.1, -0.05) is 54.6 Å². The summed E-state index contributed by atoms with van der Waals surface area (Å²) in [6.45, 7) is 0.260. The highest BCUT2D eigenvalue weighted by Gasteiger charge is 2.12. The molecule has 0 bridgehead atoms. The van der Waals surface area contributed by atoms with E-state index in [1.807, 2.05) is 54.6 Å². The van der Waals surface area contributed by atoms with Crippen molar-refractivity contribution in [2.75, 3.05) is 0 Å². The molecule has 0 aliphatic carbocycles. The van der Waals surface area contributed by atoms with Gasteiger partial charge in [0.15, 0.2) is 12.4 Å². The number of nitrogens with zero attached hydrogens (tertiary/aromatic N) is 2. The Morgan fingerprint density at radius 3 is 2.04 bits per heavy atom. The number of ketones is 1. The molecule has 118 valence electrons. The Kier molecular flexibility index (Phi) is 6.00. The van der Waals surface area contributed by atoms with Crippen LogP contribution in [0.5, 0.6) is 0 Å². The molecule has 0 spiro atoms. The van der Waals surface area contributed by atoms with Crippen molar-refractivity contribution in [2.45, 2.75) is 6.54 Å². The van der Waals surface area contributed by atoms with E-state index in [-0.39, 0.29) is 29.3 Å². The molecule has 3 rings (SSSR count). The van der Waals surface area contributed by atoms with Gasteiger partial charge in [0.05, 0.1) is 11.6 Å². The molecule has 0 fully saturated rings. The average Bonchev–Trinajstić information content (AvgIpc) is 2.63. The zero-order chi connectivity index (χ0) is 16.1. The zero-order valence-corrected chi connectivity index (χ0v) is 14.5. The van der Waals surface area contributed by atoms with Gasteiger partial charge in [0, 0.05) is 17.7 Å². The second-order valence-electron chi connectivity index (χ2n) is 5.24. The summed E-state index contributed by atoms with van der Waals surface area (Å²) in [5.41, 5.74) is 3.49. The number of halogens is 1. The third-order valence-corrected chi connectivity index (χ3v) is 3.66. The minimum atomic E-state index is 0. The predicted octanol–water partition coefficient (Wildman–Crippen LogP) is 0.400. The van der Waals surface area contributed by atoms with Crippen LogP contribution < -0.4 is 21.5 Å². The monoisotopic (exact) mass is 378 g/mol. The SMILES string of the molecule is N#Cc1cc[n+](CC(=O)c2ccc(-c3ccccc3)cc2)cc1.[Br-]. The average molecular weight is 379 g/mol. The Morgan fingerprint density at radius 2 is 1.46 bits per heavy atom. The fourth-order valence-electron chi connectivity index (χ4n) is 2.37. The smallest absolute Gasteiger partial charge is 0.227 e. The number of benzene rings is 2. The van der Waals surface area contributed by atoms with Crippen LogP contribution in [0.1, 0.15) is 15.9 Å². The lowest BCUT2D eigenvalue weighted by Gasteiger charge is -2.03. The maximum Gasteiger partial charge on any atom is 0.227 e. The Hall–Kier alpha value is -2.77. The highest BCUT2D eigenvalue weighted by molar-refractivity contribution is 5.95. The molecule has 1 heterocycles. The van der Waals surface area contributed by atoms with Crippen molar-refractivity contribution in [1.29, 1.82) is 5.26 Å². The highest BCUT2D eigenvalue weighted by Crippen LogP contribution is 2.19. The third-order valence-electron chi connectivity index (χ3n) is 3.66. The minimum absolute atomic E-state index is 0. The van der Waals surface area contributed by atoms with E-state index in [1.165, 1.54) is 0 Å². The molecule has 0 saturated carbocycles. The van der Waals surface area contributed by atoms with E-state index in [2.05, 4.69) is 6.07 Å². The summed E-state index contributed by atoms with van der Waals surface area (Å²) in [6, 6.07) is 23.2. The maximum absolute atomic E-state index is 12.3. The van der Waals surface area contributed by atoms with Crippen molar-refractivity contribution in [3.63, 3.8) is 0 Å². The molecule has 0 amide bonds. The van der Waals surface area contributed by atoms with Gasteiger partial charge in [-0.05, 0) is 11.1 Å². The van der Waals surface area contributed by atoms with E-state index >= 15 is 0 Å². The fraction of sp³-hybridized carbons (Fsp3) is 0.0500. The lowest BCUT2D eigenvalue weighted by Crippen LogP contribution is -3.00. The van der Waals surface area contributed by atoms with Crippen molar-refractivity contribution < 1.29 is 26.3 Å². The van der Waals surface area contributed by atoms with Crippen LogP contribution >= 0.6 is 0 Å². The van der Waals surface area contributed by atoms with Crippen molar-refractivity contribution >= 4 is 5.78 Å². The number of rotatable bonds is 4. The molecule has 0 aliphatic heterocycles. The number of carbonyl (C=O) groups excluding carboxylic acids is 1. The topological polar surface area (TPSA) is 44.7 Å². The van der Waals surface area contributed by atoms with Crippen molar-refractivity contribution in [3.05, 3.63) is 90.3 Å². The second kappa shape index (κ2) is 8.19. The van der Waals surface area contributed by atoms with Crippen LogP contribution in [-0.2, 0) is 6.54 Å². The van der Waals surface area contributed by atoms with Gasteiger partial charge in [-0.2, -0.15) is 9.83 Å². The van der Waals surface area contributed by atoms with E-state index in [4.69, 9.17) is 5.26 Å². The Labute approximate surface area is 151 Å². The first kappa shape index (κ1) is 17.6. The van der Waals surface area contributed by atoms with Gasteiger partial charge in [0.1, 0.15) is 0 Å². The zero-order valence-electron chi connectivity index (χ0n) is 12.9. The molecule has 0 N–H and O–H groups in total. The minimum Gasteiger partial charge on any atom is -1.00 e. The molecule has 3 nitrogen and oxygen atoms in total. The molecule has 0 saturated heterocycles. The van der Waals surface area contributed by atoms with Gasteiger partial charge >= 0.3 is 0 Å². The first-order chi connectivity index (χ1) is 11.3. The normalized spacial score (nSPS) is 9.62. The lowest BCUT2D eigenvalue weighted by atomic mass is 10.0. The van der Waals surface area contributed by atoms with Gasteiger partial charge in [-0.25, -0.2) is 0 Å². The molecular weight excluding hydrogens is 364 g/mol. The van der Waals surface area contributed by atoms with Crippen LogP contribution in [0.2, 0.25) is 0 Å². The number of hydrogen-bond donors (Lipinski definition) is 0. The number of hydrogen-bond acceptors (Lipinski definition) is 2. The summed E-state index contributed by atoms with van der Waals surface area (Å²) in [7, 11) is 0. The van der Waals surface area contributed by atoms with Crippen molar-refractivity contribution in [1.82, 2.24) is 0 Å². The summed E-state index contributed by atoms with van der Waals surface area (Å²) in [5, 5.41) is 8.78. The molecule has 3 aromatic rings. The Morgan fingerprint density at radius 1 is 0.875 bits per heavy atom. The lowest BCUT2D eigenvalue weighted by molar-refractivity contribution is -0.683. The first-order valence-electron chi connectivity index (χ1n) is 7.34. The van der Waals surface area contributed by atoms with E-state index < -0.39 is 0 Å². The molecule has 0 aliphatic rings. The molecule has 0 unspecified atom stereocenters. The number of pyridine rings is 1. The molecule has 4 heteroatoms. The number of carbonyl (C=O) groups is 1. The summed E-state index contributed by atoms with van der Waals surface area (Å²) in [5.74, 6) is 0.0410. The standard InChI is InChI=1S/C20H15N2O.BrH/c21-14-16-10-12-22(13-11-16)15-20(23)19-8-6-18(7-9-19)17-4-2-1-3-5-17;/h1-13H,15H2;1H/q+1;/p-1. The highest BCUT2D eigenvalue weighted by atomic mass is 79.9. The molecule has 0 atom stereocenters. The third kappa shape index (κ3) is 4.15. The summed E-state index contributed by atoms with van der Waals surface area (Å²) >= 11 is 0. The van der Waals surface area contributed by atoms with E-state index in [9.17, 15) is 4.79 Å². The van der Waals surface area contributed by atoms with E-state index in [0.717, 1.165) is 11.1 Å². The van der Waals surface area contributed by atoms with Gasteiger partial charge < -0.3 is 17.0 Å². The Bertz CT molecular complexity index is 851. The van der Waals surface area contributed by atoms with Crippen LogP contribution in [0.3, 0.4) is 0 Å². The molecule has 0 radical (unpaired) electrons. The Balaban J connectivity index is 0.00000208. The summed E-state index contributed by atoms with van der Waals surface area (Å²) in [4.78, 5) is 12.3. The van der Waals surface area contributed by atoms with Crippen LogP contribution in [0.25, 0.3) is 11.1 Å². The first-order valence-corrected chi connectivity index (χ1v) is 7.34. The van der Waals surface area contributed by atoms with Crippen molar-refractivity contribution in [3.8, 4) is 17.2 Å². The van der Waals surface area contributed by atoms with Crippen LogP contribution in [0, 0.1) is 11.3 Å². The largest absolute Gasteiger partial charge is 1.00 e. The fourth-order valence-corrected chi connectivity index (χ4v) is 2.37. The van der Waals surface area contributed by atoms with E-state index in [1.54, 1.807) is 29.1 Å². The van der Waals surface area contributed by atoms with Crippen LogP contribution in [0.15, 0.2) is 79.1 Å². The summed E-state index contributed by atoms with van der Waals surface area (Å²) < 4.78 is 1.77. The summed E-state index contributed by atoms with van der Waals surface area (Å²) in [6.07, 6.45) is 3.49. The van der Waals surface area contributed by atoms with Gasteiger partial charge in [-0.15, -0.1) is 0 Å². The maximum atomic E-state index is 12.3. The molecule has 2 aromatic carbocycles. The number of Topliss-reactive ketones (excluding diaryl/α,β-unsaturated/α-hetero) is 1. The molecule has 1 aromatic heterocycles. The van der Waals surface area contributed by atoms with Gasteiger partial charge in [0.2, 0.25) is 12.3 Å². The molecular formula is C20H15BrN2O. The van der Waals surface area contributed by atoms with Crippen LogP contribution in [-0.4, -0.2) is 5.78 Å². The van der Waals surface area contributed by atoms with Crippen molar-refractivity contribution in [2.24, 2.45) is 0 Å². The van der Waals surface area contributed by atoms with Crippen LogP contribution in [0.4, 0.5) is 0 Å². The van der Waals surface area contributed by atoms with Gasteiger partial charge in [0.25, 0.3) is 0 Å². The predicted molar refractivity (Wildman–Crippen MR) is 87.6 cm³/mol. The quantitative estimate of drug-likeness (QED) is 0.487. The van der Waals surface area contributed by atoms with E-state index in [0.29, 0.717) is 11.1 Å².